The molecule has 0 unspecified atom stereocenters. The van der Waals surface area contributed by atoms with Crippen molar-refractivity contribution in [2.24, 2.45) is 0 Å². The summed E-state index contributed by atoms with van der Waals surface area (Å²) in [6.45, 7) is 0.630. The second kappa shape index (κ2) is 5.94. The number of benzene rings is 2. The number of pyridine rings is 1. The monoisotopic (exact) mass is 337 g/mol. The maximum absolute atomic E-state index is 9.19. The zero-order valence-electron chi connectivity index (χ0n) is 11.2. The van der Waals surface area contributed by atoms with Crippen molar-refractivity contribution in [1.29, 1.82) is 5.26 Å². The highest BCUT2D eigenvalue weighted by molar-refractivity contribution is 9.10. The average molecular weight is 338 g/mol. The van der Waals surface area contributed by atoms with Crippen molar-refractivity contribution in [3.63, 3.8) is 0 Å². The molecule has 3 rings (SSSR count). The van der Waals surface area contributed by atoms with Gasteiger partial charge in [0, 0.05) is 28.8 Å². The summed E-state index contributed by atoms with van der Waals surface area (Å²) < 4.78 is 0.899. The maximum Gasteiger partial charge on any atom is 0.101 e. The first-order valence-corrected chi connectivity index (χ1v) is 7.32. The summed E-state index contributed by atoms with van der Waals surface area (Å²) in [5, 5.41) is 14.8. The molecule has 21 heavy (non-hydrogen) atoms. The molecular weight excluding hydrogens is 326 g/mol. The Kier molecular flexibility index (Phi) is 3.85. The molecule has 0 fully saturated rings. The molecule has 0 aliphatic carbocycles. The maximum atomic E-state index is 9.19. The number of nitrogens with zero attached hydrogens (tertiary/aromatic N) is 2. The Morgan fingerprint density at radius 3 is 2.86 bits per heavy atom. The Morgan fingerprint density at radius 1 is 1.14 bits per heavy atom. The van der Waals surface area contributed by atoms with E-state index >= 15 is 0 Å². The second-order valence-electron chi connectivity index (χ2n) is 4.68. The molecule has 0 amide bonds. The van der Waals surface area contributed by atoms with Gasteiger partial charge in [-0.2, -0.15) is 5.26 Å². The van der Waals surface area contributed by atoms with Crippen LogP contribution >= 0.6 is 15.9 Å². The topological polar surface area (TPSA) is 48.7 Å². The van der Waals surface area contributed by atoms with Crippen molar-refractivity contribution in [3.05, 3.63) is 70.5 Å². The van der Waals surface area contributed by atoms with Gasteiger partial charge in [0.2, 0.25) is 0 Å². The van der Waals surface area contributed by atoms with Gasteiger partial charge in [-0.1, -0.05) is 40.2 Å². The molecule has 4 heteroatoms. The number of aromatic nitrogens is 1. The lowest BCUT2D eigenvalue weighted by atomic mass is 10.1. The van der Waals surface area contributed by atoms with E-state index in [0.29, 0.717) is 12.1 Å². The number of nitrogens with one attached hydrogen (secondary N) is 1. The summed E-state index contributed by atoms with van der Waals surface area (Å²) in [6.07, 6.45) is 3.72. The molecule has 3 nitrogen and oxygen atoms in total. The van der Waals surface area contributed by atoms with Crippen molar-refractivity contribution in [2.75, 3.05) is 5.32 Å². The lowest BCUT2D eigenvalue weighted by Crippen LogP contribution is -2.02. The molecule has 0 aliphatic rings. The number of hydrogen-bond donors (Lipinski definition) is 1. The highest BCUT2D eigenvalue weighted by Gasteiger charge is 2.05. The molecule has 0 saturated heterocycles. The number of hydrogen-bond acceptors (Lipinski definition) is 3. The molecular formula is C17H12BrN3. The van der Waals surface area contributed by atoms with E-state index in [9.17, 15) is 5.26 Å². The third kappa shape index (κ3) is 2.88. The SMILES string of the molecule is N#Cc1cc(Br)ccc1NCc1cncc2ccccc12. The quantitative estimate of drug-likeness (QED) is 0.766. The van der Waals surface area contributed by atoms with Gasteiger partial charge in [-0.3, -0.25) is 4.98 Å². The van der Waals surface area contributed by atoms with Crippen molar-refractivity contribution < 1.29 is 0 Å². The Hall–Kier alpha value is -2.38. The molecule has 0 atom stereocenters. The fourth-order valence-corrected chi connectivity index (χ4v) is 2.63. The molecule has 0 saturated carbocycles. The Morgan fingerprint density at radius 2 is 2.00 bits per heavy atom. The number of halogens is 1. The third-order valence-corrected chi connectivity index (χ3v) is 3.82. The predicted molar refractivity (Wildman–Crippen MR) is 87.9 cm³/mol. The lowest BCUT2D eigenvalue weighted by molar-refractivity contribution is 1.13. The molecule has 1 N–H and O–H groups in total. The first kappa shape index (κ1) is 13.6. The van der Waals surface area contributed by atoms with Gasteiger partial charge in [-0.05, 0) is 29.1 Å². The summed E-state index contributed by atoms with van der Waals surface area (Å²) in [7, 11) is 0. The van der Waals surface area contributed by atoms with Gasteiger partial charge < -0.3 is 5.32 Å². The van der Waals surface area contributed by atoms with Crippen LogP contribution in [-0.2, 0) is 6.54 Å². The highest BCUT2D eigenvalue weighted by atomic mass is 79.9. The Balaban J connectivity index is 1.89. The van der Waals surface area contributed by atoms with Crippen molar-refractivity contribution in [3.8, 4) is 6.07 Å². The van der Waals surface area contributed by atoms with Gasteiger partial charge in [0.25, 0.3) is 0 Å². The van der Waals surface area contributed by atoms with Gasteiger partial charge in [-0.25, -0.2) is 0 Å². The van der Waals surface area contributed by atoms with Crippen LogP contribution in [-0.4, -0.2) is 4.98 Å². The van der Waals surface area contributed by atoms with E-state index in [1.54, 1.807) is 0 Å². The third-order valence-electron chi connectivity index (χ3n) is 3.32. The molecule has 1 heterocycles. The van der Waals surface area contributed by atoms with Gasteiger partial charge in [0.15, 0.2) is 0 Å². The standard InChI is InChI=1S/C17H12BrN3/c18-15-5-6-17(13(7-15)8-19)21-11-14-10-20-9-12-3-1-2-4-16(12)14/h1-7,9-10,21H,11H2. The summed E-state index contributed by atoms with van der Waals surface area (Å²) in [6, 6.07) is 16.0. The molecule has 0 bridgehead atoms. The summed E-state index contributed by atoms with van der Waals surface area (Å²) in [5.74, 6) is 0. The molecule has 102 valence electrons. The van der Waals surface area contributed by atoms with Crippen LogP contribution in [0.25, 0.3) is 10.8 Å². The van der Waals surface area contributed by atoms with E-state index in [0.717, 1.165) is 21.1 Å². The van der Waals surface area contributed by atoms with Crippen LogP contribution in [0.4, 0.5) is 5.69 Å². The minimum Gasteiger partial charge on any atom is -0.380 e. The van der Waals surface area contributed by atoms with Crippen LogP contribution in [0, 0.1) is 11.3 Å². The lowest BCUT2D eigenvalue weighted by Gasteiger charge is -2.10. The Bertz CT molecular complexity index is 832. The van der Waals surface area contributed by atoms with Gasteiger partial charge >= 0.3 is 0 Å². The van der Waals surface area contributed by atoms with Gasteiger partial charge in [0.05, 0.1) is 11.3 Å². The average Bonchev–Trinajstić information content (AvgIpc) is 2.53. The largest absolute Gasteiger partial charge is 0.380 e. The number of anilines is 1. The van der Waals surface area contributed by atoms with Crippen LogP contribution in [0.3, 0.4) is 0 Å². The fourth-order valence-electron chi connectivity index (χ4n) is 2.27. The summed E-state index contributed by atoms with van der Waals surface area (Å²) in [5.41, 5.74) is 2.56. The molecule has 2 aromatic carbocycles. The van der Waals surface area contributed by atoms with E-state index in [1.165, 1.54) is 5.39 Å². The first-order chi connectivity index (χ1) is 10.3. The van der Waals surface area contributed by atoms with Crippen molar-refractivity contribution in [1.82, 2.24) is 4.98 Å². The van der Waals surface area contributed by atoms with Crippen LogP contribution in [0.2, 0.25) is 0 Å². The number of nitriles is 1. The molecule has 0 radical (unpaired) electrons. The zero-order chi connectivity index (χ0) is 14.7. The minimum absolute atomic E-state index is 0.623. The van der Waals surface area contributed by atoms with Gasteiger partial charge in [-0.15, -0.1) is 0 Å². The smallest absolute Gasteiger partial charge is 0.101 e. The summed E-state index contributed by atoms with van der Waals surface area (Å²) in [4.78, 5) is 4.27. The molecule has 1 aromatic heterocycles. The normalized spacial score (nSPS) is 10.3. The van der Waals surface area contributed by atoms with Gasteiger partial charge in [0.1, 0.15) is 6.07 Å². The van der Waals surface area contributed by atoms with Crippen molar-refractivity contribution in [2.45, 2.75) is 6.54 Å². The molecule has 0 aliphatic heterocycles. The van der Waals surface area contributed by atoms with Crippen LogP contribution in [0.15, 0.2) is 59.3 Å². The van der Waals surface area contributed by atoms with E-state index in [2.05, 4.69) is 38.4 Å². The zero-order valence-corrected chi connectivity index (χ0v) is 12.8. The van der Waals surface area contributed by atoms with E-state index < -0.39 is 0 Å². The Labute approximate surface area is 131 Å². The minimum atomic E-state index is 0.623. The first-order valence-electron chi connectivity index (χ1n) is 6.53. The number of fused-ring (bicyclic) bond motifs is 1. The highest BCUT2D eigenvalue weighted by Crippen LogP contribution is 2.22. The molecule has 0 spiro atoms. The van der Waals surface area contributed by atoms with Crippen LogP contribution in [0.5, 0.6) is 0 Å². The molecule has 3 aromatic rings. The number of rotatable bonds is 3. The van der Waals surface area contributed by atoms with Crippen LogP contribution < -0.4 is 5.32 Å². The summed E-state index contributed by atoms with van der Waals surface area (Å²) >= 11 is 3.38. The second-order valence-corrected chi connectivity index (χ2v) is 5.59. The van der Waals surface area contributed by atoms with Crippen LogP contribution in [0.1, 0.15) is 11.1 Å². The van der Waals surface area contributed by atoms with Crippen molar-refractivity contribution >= 4 is 32.4 Å². The van der Waals surface area contributed by atoms with E-state index in [1.807, 2.05) is 48.8 Å². The van der Waals surface area contributed by atoms with E-state index in [-0.39, 0.29) is 0 Å². The van der Waals surface area contributed by atoms with E-state index in [4.69, 9.17) is 0 Å². The fraction of sp³-hybridized carbons (Fsp3) is 0.0588. The predicted octanol–water partition coefficient (Wildman–Crippen LogP) is 4.48.